The van der Waals surface area contributed by atoms with E-state index in [4.69, 9.17) is 4.99 Å². The van der Waals surface area contributed by atoms with Crippen LogP contribution in [-0.4, -0.2) is 10.8 Å². The summed E-state index contributed by atoms with van der Waals surface area (Å²) in [5, 5.41) is 6.20. The molecule has 1 unspecified atom stereocenters. The number of rotatable bonds is 5. The fourth-order valence-electron chi connectivity index (χ4n) is 6.14. The van der Waals surface area contributed by atoms with Crippen LogP contribution in [0.4, 0.5) is 0 Å². The Bertz CT molecular complexity index is 2080. The van der Waals surface area contributed by atoms with Gasteiger partial charge in [0.05, 0.1) is 11.0 Å². The molecule has 1 aliphatic heterocycles. The van der Waals surface area contributed by atoms with E-state index in [2.05, 4.69) is 168 Å². The number of aromatic nitrogens is 1. The quantitative estimate of drug-likeness (QED) is 0.227. The van der Waals surface area contributed by atoms with Crippen LogP contribution in [-0.2, 0) is 0 Å². The Hall–Kier alpha value is -5.67. The van der Waals surface area contributed by atoms with Gasteiger partial charge in [0.15, 0.2) is 0 Å². The van der Waals surface area contributed by atoms with E-state index in [-0.39, 0.29) is 6.17 Å². The zero-order chi connectivity index (χ0) is 28.6. The van der Waals surface area contributed by atoms with Crippen molar-refractivity contribution >= 4 is 33.7 Å². The number of hydrogen-bond acceptors (Lipinski definition) is 2. The summed E-state index contributed by atoms with van der Waals surface area (Å²) in [5.41, 5.74) is 11.7. The van der Waals surface area contributed by atoms with Crippen molar-refractivity contribution in [2.45, 2.75) is 6.17 Å². The number of nitrogens with zero attached hydrogens (tertiary/aromatic N) is 2. The van der Waals surface area contributed by atoms with Gasteiger partial charge in [-0.05, 0) is 69.8 Å². The summed E-state index contributed by atoms with van der Waals surface area (Å²) in [5.74, 6) is 0. The van der Waals surface area contributed by atoms with Crippen molar-refractivity contribution < 1.29 is 0 Å². The van der Waals surface area contributed by atoms with Crippen LogP contribution in [0.1, 0.15) is 17.3 Å². The summed E-state index contributed by atoms with van der Waals surface area (Å²) >= 11 is 0. The average molecular weight is 552 g/mol. The molecule has 0 amide bonds. The Morgan fingerprint density at radius 1 is 0.488 bits per heavy atom. The first-order valence-electron chi connectivity index (χ1n) is 14.7. The summed E-state index contributed by atoms with van der Waals surface area (Å²) in [6, 6.07) is 54.0. The van der Waals surface area contributed by atoms with Crippen molar-refractivity contribution in [3.63, 3.8) is 0 Å². The van der Waals surface area contributed by atoms with Gasteiger partial charge in [-0.1, -0.05) is 121 Å². The van der Waals surface area contributed by atoms with E-state index in [0.717, 1.165) is 22.5 Å². The maximum absolute atomic E-state index is 4.77. The van der Waals surface area contributed by atoms with Crippen molar-refractivity contribution in [2.24, 2.45) is 4.99 Å². The average Bonchev–Trinajstić information content (AvgIpc) is 3.43. The molecule has 8 rings (SSSR count). The first kappa shape index (κ1) is 25.1. The zero-order valence-corrected chi connectivity index (χ0v) is 23.6. The normalized spacial score (nSPS) is 14.5. The van der Waals surface area contributed by atoms with Gasteiger partial charge in [-0.25, -0.2) is 0 Å². The minimum absolute atomic E-state index is 0.152. The SMILES string of the molecule is C1=NC(c2ccc(-n3c4ccccc4c4ccccc43)cc2)NC(c2cccc(-c3ccc(-c4ccccc4)cc3)c2)=C1. The van der Waals surface area contributed by atoms with Crippen LogP contribution in [0.2, 0.25) is 0 Å². The van der Waals surface area contributed by atoms with Crippen LogP contribution >= 0.6 is 0 Å². The molecule has 0 saturated heterocycles. The molecule has 3 heteroatoms. The van der Waals surface area contributed by atoms with Crippen LogP contribution < -0.4 is 5.32 Å². The van der Waals surface area contributed by atoms with E-state index in [0.29, 0.717) is 0 Å². The molecule has 1 aromatic heterocycles. The first-order valence-corrected chi connectivity index (χ1v) is 14.7. The fourth-order valence-corrected chi connectivity index (χ4v) is 6.14. The van der Waals surface area contributed by atoms with Crippen LogP contribution in [0.25, 0.3) is 55.4 Å². The van der Waals surface area contributed by atoms with E-state index in [1.165, 1.54) is 44.1 Å². The minimum atomic E-state index is -0.152. The van der Waals surface area contributed by atoms with Gasteiger partial charge in [-0.3, -0.25) is 4.99 Å². The number of nitrogens with one attached hydrogen (secondary N) is 1. The molecule has 2 heterocycles. The monoisotopic (exact) mass is 551 g/mol. The Balaban J connectivity index is 1.04. The minimum Gasteiger partial charge on any atom is -0.360 e. The summed E-state index contributed by atoms with van der Waals surface area (Å²) in [6.45, 7) is 0. The molecule has 1 aliphatic rings. The summed E-state index contributed by atoms with van der Waals surface area (Å²) in [7, 11) is 0. The van der Waals surface area contributed by atoms with Crippen LogP contribution in [0.5, 0.6) is 0 Å². The van der Waals surface area contributed by atoms with E-state index >= 15 is 0 Å². The van der Waals surface area contributed by atoms with Gasteiger partial charge in [0.25, 0.3) is 0 Å². The van der Waals surface area contributed by atoms with Crippen LogP contribution in [0, 0.1) is 0 Å². The molecule has 1 atom stereocenters. The van der Waals surface area contributed by atoms with Crippen molar-refractivity contribution in [2.75, 3.05) is 0 Å². The highest BCUT2D eigenvalue weighted by Crippen LogP contribution is 2.33. The highest BCUT2D eigenvalue weighted by Gasteiger charge is 2.17. The van der Waals surface area contributed by atoms with Gasteiger partial charge in [0.2, 0.25) is 0 Å². The Labute approximate surface area is 251 Å². The van der Waals surface area contributed by atoms with Crippen molar-refractivity contribution in [3.8, 4) is 27.9 Å². The molecule has 3 nitrogen and oxygen atoms in total. The van der Waals surface area contributed by atoms with Gasteiger partial charge >= 0.3 is 0 Å². The van der Waals surface area contributed by atoms with E-state index in [9.17, 15) is 0 Å². The van der Waals surface area contributed by atoms with Crippen molar-refractivity contribution in [3.05, 3.63) is 169 Å². The van der Waals surface area contributed by atoms with Gasteiger partial charge in [-0.2, -0.15) is 0 Å². The first-order chi connectivity index (χ1) is 21.3. The molecule has 0 saturated carbocycles. The second kappa shape index (κ2) is 10.6. The van der Waals surface area contributed by atoms with Crippen molar-refractivity contribution in [1.82, 2.24) is 9.88 Å². The highest BCUT2D eigenvalue weighted by atomic mass is 15.1. The lowest BCUT2D eigenvalue weighted by molar-refractivity contribution is 0.667. The van der Waals surface area contributed by atoms with Crippen LogP contribution in [0.15, 0.2) is 163 Å². The summed E-state index contributed by atoms with van der Waals surface area (Å²) < 4.78 is 2.34. The molecular weight excluding hydrogens is 522 g/mol. The Kier molecular flexibility index (Phi) is 6.20. The predicted octanol–water partition coefficient (Wildman–Crippen LogP) is 9.83. The lowest BCUT2D eigenvalue weighted by atomic mass is 9.98. The summed E-state index contributed by atoms with van der Waals surface area (Å²) in [4.78, 5) is 4.77. The standard InChI is InChI=1S/C40H29N3/c1-2-9-28(10-3-1)29-17-19-30(20-18-29)32-11-8-12-33(27-32)37-25-26-41-40(42-37)31-21-23-34(24-22-31)43-38-15-6-4-13-35(38)36-14-5-7-16-39(36)43/h1-27,40,42H. The molecule has 1 N–H and O–H groups in total. The lowest BCUT2D eigenvalue weighted by Crippen LogP contribution is -2.21. The number of allylic oxidation sites excluding steroid dienone is 1. The fraction of sp³-hybridized carbons (Fsp3) is 0.0250. The third-order valence-corrected chi connectivity index (χ3v) is 8.31. The molecule has 0 spiro atoms. The van der Waals surface area contributed by atoms with Gasteiger partial charge < -0.3 is 9.88 Å². The topological polar surface area (TPSA) is 29.3 Å². The molecule has 6 aromatic carbocycles. The van der Waals surface area contributed by atoms with Gasteiger partial charge in [0.1, 0.15) is 6.17 Å². The number of hydrogen-bond donors (Lipinski definition) is 1. The maximum Gasteiger partial charge on any atom is 0.144 e. The second-order valence-electron chi connectivity index (χ2n) is 10.9. The Morgan fingerprint density at radius 2 is 1.05 bits per heavy atom. The molecule has 204 valence electrons. The summed E-state index contributed by atoms with van der Waals surface area (Å²) in [6.07, 6.45) is 3.82. The smallest absolute Gasteiger partial charge is 0.144 e. The van der Waals surface area contributed by atoms with Crippen LogP contribution in [0.3, 0.4) is 0 Å². The third kappa shape index (κ3) is 4.61. The molecule has 7 aromatic rings. The molecule has 0 aliphatic carbocycles. The number of benzene rings is 6. The molecular formula is C40H29N3. The van der Waals surface area contributed by atoms with E-state index in [1.807, 2.05) is 6.21 Å². The molecule has 0 bridgehead atoms. The second-order valence-corrected chi connectivity index (χ2v) is 10.9. The third-order valence-electron chi connectivity index (χ3n) is 8.31. The highest BCUT2D eigenvalue weighted by molar-refractivity contribution is 6.09. The predicted molar refractivity (Wildman–Crippen MR) is 180 cm³/mol. The molecule has 0 fully saturated rings. The number of fused-ring (bicyclic) bond motifs is 3. The Morgan fingerprint density at radius 3 is 1.74 bits per heavy atom. The zero-order valence-electron chi connectivity index (χ0n) is 23.6. The van der Waals surface area contributed by atoms with Gasteiger partial charge in [0, 0.05) is 28.4 Å². The molecule has 43 heavy (non-hydrogen) atoms. The maximum atomic E-state index is 4.77. The van der Waals surface area contributed by atoms with Gasteiger partial charge in [-0.15, -0.1) is 0 Å². The van der Waals surface area contributed by atoms with Crippen molar-refractivity contribution in [1.29, 1.82) is 0 Å². The number of para-hydroxylation sites is 2. The number of aliphatic imine (C=N–C) groups is 1. The van der Waals surface area contributed by atoms with E-state index in [1.54, 1.807) is 0 Å². The lowest BCUT2D eigenvalue weighted by Gasteiger charge is -2.22. The molecule has 0 radical (unpaired) electrons. The van der Waals surface area contributed by atoms with E-state index < -0.39 is 0 Å². The largest absolute Gasteiger partial charge is 0.360 e.